The van der Waals surface area contributed by atoms with Crippen LogP contribution in [0.2, 0.25) is 0 Å². The standard InChI is InChI=1S/C11H23N3O3S/c1-12(5-3-9-15)18(16,17)14-8-7-13-6-2-4-11(13)10-14/h11,15H,2-10H2,1H3. The third kappa shape index (κ3) is 2.85. The van der Waals surface area contributed by atoms with Crippen LogP contribution in [0.5, 0.6) is 0 Å². The fourth-order valence-electron chi connectivity index (χ4n) is 2.78. The Bertz CT molecular complexity index is 374. The lowest BCUT2D eigenvalue weighted by molar-refractivity contribution is 0.152. The Labute approximate surface area is 109 Å². The third-order valence-electron chi connectivity index (χ3n) is 3.90. The number of nitrogens with zero attached hydrogens (tertiary/aromatic N) is 3. The second-order valence-electron chi connectivity index (χ2n) is 5.10. The Hall–Kier alpha value is -0.210. The largest absolute Gasteiger partial charge is 0.396 e. The highest BCUT2D eigenvalue weighted by Crippen LogP contribution is 2.23. The zero-order valence-electron chi connectivity index (χ0n) is 11.0. The Morgan fingerprint density at radius 3 is 2.83 bits per heavy atom. The Morgan fingerprint density at radius 1 is 1.33 bits per heavy atom. The van der Waals surface area contributed by atoms with Gasteiger partial charge in [0.05, 0.1) is 0 Å². The van der Waals surface area contributed by atoms with Gasteiger partial charge in [-0.05, 0) is 25.8 Å². The zero-order valence-corrected chi connectivity index (χ0v) is 11.8. The molecule has 2 aliphatic heterocycles. The number of hydrogen-bond donors (Lipinski definition) is 1. The maximum absolute atomic E-state index is 12.3. The van der Waals surface area contributed by atoms with Crippen LogP contribution in [0.15, 0.2) is 0 Å². The number of aliphatic hydroxyl groups excluding tert-OH is 1. The molecule has 1 unspecified atom stereocenters. The SMILES string of the molecule is CN(CCCO)S(=O)(=O)N1CCN2CCCC2C1. The molecule has 0 spiro atoms. The van der Waals surface area contributed by atoms with E-state index < -0.39 is 10.2 Å². The first-order valence-electron chi connectivity index (χ1n) is 6.62. The molecule has 1 atom stereocenters. The van der Waals surface area contributed by atoms with Crippen LogP contribution in [0.25, 0.3) is 0 Å². The molecule has 0 aromatic carbocycles. The fourth-order valence-corrected chi connectivity index (χ4v) is 4.20. The molecule has 0 bridgehead atoms. The minimum Gasteiger partial charge on any atom is -0.396 e. The van der Waals surface area contributed by atoms with Crippen molar-refractivity contribution in [1.29, 1.82) is 0 Å². The lowest BCUT2D eigenvalue weighted by Gasteiger charge is -2.38. The number of fused-ring (bicyclic) bond motifs is 1. The summed E-state index contributed by atoms with van der Waals surface area (Å²) in [6.45, 7) is 3.56. The molecule has 1 N–H and O–H groups in total. The first-order valence-corrected chi connectivity index (χ1v) is 8.01. The van der Waals surface area contributed by atoms with E-state index in [1.165, 1.54) is 10.7 Å². The van der Waals surface area contributed by atoms with Crippen molar-refractivity contribution in [3.63, 3.8) is 0 Å². The Kier molecular flexibility index (Phi) is 4.60. The van der Waals surface area contributed by atoms with Crippen molar-refractivity contribution in [1.82, 2.24) is 13.5 Å². The second kappa shape index (κ2) is 5.83. The van der Waals surface area contributed by atoms with Crippen molar-refractivity contribution in [3.05, 3.63) is 0 Å². The van der Waals surface area contributed by atoms with Crippen LogP contribution in [0.4, 0.5) is 0 Å². The van der Waals surface area contributed by atoms with Crippen LogP contribution in [0.1, 0.15) is 19.3 Å². The monoisotopic (exact) mass is 277 g/mol. The van der Waals surface area contributed by atoms with Gasteiger partial charge in [0.1, 0.15) is 0 Å². The molecule has 2 aliphatic rings. The first kappa shape index (κ1) is 14.2. The van der Waals surface area contributed by atoms with Crippen molar-refractivity contribution in [3.8, 4) is 0 Å². The van der Waals surface area contributed by atoms with E-state index >= 15 is 0 Å². The Balaban J connectivity index is 1.97. The summed E-state index contributed by atoms with van der Waals surface area (Å²) in [5.41, 5.74) is 0. The molecule has 7 heteroatoms. The molecule has 2 heterocycles. The van der Waals surface area contributed by atoms with E-state index in [1.807, 2.05) is 0 Å². The van der Waals surface area contributed by atoms with Crippen LogP contribution in [0.3, 0.4) is 0 Å². The molecule has 6 nitrogen and oxygen atoms in total. The lowest BCUT2D eigenvalue weighted by atomic mass is 10.2. The number of hydrogen-bond acceptors (Lipinski definition) is 4. The molecular weight excluding hydrogens is 254 g/mol. The summed E-state index contributed by atoms with van der Waals surface area (Å²) in [6.07, 6.45) is 2.77. The number of rotatable bonds is 5. The quantitative estimate of drug-likeness (QED) is 0.723. The van der Waals surface area contributed by atoms with Gasteiger partial charge in [-0.1, -0.05) is 0 Å². The summed E-state index contributed by atoms with van der Waals surface area (Å²) in [6, 6.07) is 0.403. The second-order valence-corrected chi connectivity index (χ2v) is 7.13. The molecule has 2 fully saturated rings. The van der Waals surface area contributed by atoms with Crippen molar-refractivity contribution in [2.75, 3.05) is 46.4 Å². The van der Waals surface area contributed by atoms with E-state index in [2.05, 4.69) is 4.90 Å². The van der Waals surface area contributed by atoms with Gasteiger partial charge in [0.2, 0.25) is 0 Å². The predicted molar refractivity (Wildman–Crippen MR) is 69.4 cm³/mol. The molecule has 0 amide bonds. The van der Waals surface area contributed by atoms with E-state index in [-0.39, 0.29) is 6.61 Å². The molecule has 0 aromatic rings. The molecule has 2 rings (SSSR count). The van der Waals surface area contributed by atoms with Gasteiger partial charge in [0.15, 0.2) is 0 Å². The molecule has 106 valence electrons. The molecule has 0 saturated carbocycles. The average Bonchev–Trinajstić information content (AvgIpc) is 2.82. The van der Waals surface area contributed by atoms with Crippen molar-refractivity contribution in [2.45, 2.75) is 25.3 Å². The van der Waals surface area contributed by atoms with E-state index in [1.54, 1.807) is 11.4 Å². The molecule has 0 aromatic heterocycles. The van der Waals surface area contributed by atoms with Gasteiger partial charge >= 0.3 is 0 Å². The average molecular weight is 277 g/mol. The maximum Gasteiger partial charge on any atom is 0.281 e. The van der Waals surface area contributed by atoms with E-state index in [0.29, 0.717) is 32.1 Å². The summed E-state index contributed by atoms with van der Waals surface area (Å²) in [5.74, 6) is 0. The molecule has 0 radical (unpaired) electrons. The van der Waals surface area contributed by atoms with Crippen LogP contribution in [0, 0.1) is 0 Å². The molecule has 18 heavy (non-hydrogen) atoms. The zero-order chi connectivity index (χ0) is 13.2. The lowest BCUT2D eigenvalue weighted by Crippen LogP contribution is -2.55. The number of aliphatic hydroxyl groups is 1. The third-order valence-corrected chi connectivity index (χ3v) is 5.86. The Morgan fingerprint density at radius 2 is 2.11 bits per heavy atom. The highest BCUT2D eigenvalue weighted by molar-refractivity contribution is 7.86. The smallest absolute Gasteiger partial charge is 0.281 e. The van der Waals surface area contributed by atoms with Crippen LogP contribution < -0.4 is 0 Å². The summed E-state index contributed by atoms with van der Waals surface area (Å²) in [5, 5.41) is 8.77. The highest BCUT2D eigenvalue weighted by Gasteiger charge is 2.36. The van der Waals surface area contributed by atoms with Crippen molar-refractivity contribution >= 4 is 10.2 Å². The first-order chi connectivity index (χ1) is 8.55. The fraction of sp³-hybridized carbons (Fsp3) is 1.00. The van der Waals surface area contributed by atoms with E-state index in [9.17, 15) is 8.42 Å². The van der Waals surface area contributed by atoms with Gasteiger partial charge in [-0.15, -0.1) is 0 Å². The van der Waals surface area contributed by atoms with Crippen LogP contribution in [-0.2, 0) is 10.2 Å². The molecule has 2 saturated heterocycles. The van der Waals surface area contributed by atoms with E-state index in [0.717, 1.165) is 19.5 Å². The van der Waals surface area contributed by atoms with Gasteiger partial charge in [-0.3, -0.25) is 4.90 Å². The summed E-state index contributed by atoms with van der Waals surface area (Å²) in [7, 11) is -1.75. The van der Waals surface area contributed by atoms with Gasteiger partial charge in [-0.2, -0.15) is 17.0 Å². The van der Waals surface area contributed by atoms with Gasteiger partial charge in [0.25, 0.3) is 10.2 Å². The summed E-state index contributed by atoms with van der Waals surface area (Å²) < 4.78 is 27.6. The minimum atomic E-state index is -3.34. The van der Waals surface area contributed by atoms with Gasteiger partial charge in [0, 0.05) is 45.9 Å². The topological polar surface area (TPSA) is 64.1 Å². The van der Waals surface area contributed by atoms with Gasteiger partial charge < -0.3 is 5.11 Å². The van der Waals surface area contributed by atoms with E-state index in [4.69, 9.17) is 5.11 Å². The predicted octanol–water partition coefficient (Wildman–Crippen LogP) is -0.675. The molecule has 0 aliphatic carbocycles. The normalized spacial score (nSPS) is 26.7. The summed E-state index contributed by atoms with van der Waals surface area (Å²) in [4.78, 5) is 2.39. The van der Waals surface area contributed by atoms with Crippen LogP contribution >= 0.6 is 0 Å². The highest BCUT2D eigenvalue weighted by atomic mass is 32.2. The maximum atomic E-state index is 12.3. The van der Waals surface area contributed by atoms with Crippen molar-refractivity contribution < 1.29 is 13.5 Å². The van der Waals surface area contributed by atoms with Gasteiger partial charge in [-0.25, -0.2) is 0 Å². The summed E-state index contributed by atoms with van der Waals surface area (Å²) >= 11 is 0. The van der Waals surface area contributed by atoms with Crippen molar-refractivity contribution in [2.24, 2.45) is 0 Å². The van der Waals surface area contributed by atoms with Crippen LogP contribution in [-0.4, -0.2) is 79.5 Å². The molecular formula is C11H23N3O3S. The number of piperazine rings is 1. The minimum absolute atomic E-state index is 0.0241.